The molecular formula is C21H21BrN6O2. The van der Waals surface area contributed by atoms with Crippen LogP contribution in [0.3, 0.4) is 0 Å². The molecule has 154 valence electrons. The highest BCUT2D eigenvalue weighted by molar-refractivity contribution is 9.10. The van der Waals surface area contributed by atoms with E-state index in [0.717, 1.165) is 23.0 Å². The number of carbonyl (C=O) groups excluding carboxylic acids is 1. The molecule has 2 fully saturated rings. The first kappa shape index (κ1) is 19.2. The van der Waals surface area contributed by atoms with Gasteiger partial charge < -0.3 is 9.64 Å². The van der Waals surface area contributed by atoms with Crippen molar-refractivity contribution in [3.63, 3.8) is 0 Å². The van der Waals surface area contributed by atoms with E-state index in [1.165, 1.54) is 4.80 Å². The molecular weight excluding hydrogens is 448 g/mol. The molecule has 3 aromatic heterocycles. The van der Waals surface area contributed by atoms with E-state index in [2.05, 4.69) is 43.0 Å². The van der Waals surface area contributed by atoms with Crippen LogP contribution in [0.25, 0.3) is 5.69 Å². The van der Waals surface area contributed by atoms with Crippen molar-refractivity contribution in [2.45, 2.75) is 44.9 Å². The zero-order chi connectivity index (χ0) is 20.8. The fraction of sp³-hybridized carbons (Fsp3) is 0.381. The number of hydrogen-bond donors (Lipinski definition) is 0. The largest absolute Gasteiger partial charge is 0.472 e. The van der Waals surface area contributed by atoms with Crippen LogP contribution in [-0.2, 0) is 0 Å². The van der Waals surface area contributed by atoms with Crippen LogP contribution < -0.4 is 4.74 Å². The number of pyridine rings is 2. The molecule has 4 heterocycles. The number of fused-ring (bicyclic) bond motifs is 2. The molecule has 1 aliphatic carbocycles. The summed E-state index contributed by atoms with van der Waals surface area (Å²) in [5, 5.41) is 8.38. The summed E-state index contributed by atoms with van der Waals surface area (Å²) in [7, 11) is 0. The summed E-state index contributed by atoms with van der Waals surface area (Å²) >= 11 is 3.39. The van der Waals surface area contributed by atoms with Gasteiger partial charge in [-0.1, -0.05) is 0 Å². The third-order valence-electron chi connectivity index (χ3n) is 6.04. The van der Waals surface area contributed by atoms with Crippen LogP contribution in [0, 0.1) is 12.8 Å². The molecule has 1 saturated heterocycles. The maximum absolute atomic E-state index is 13.7. The summed E-state index contributed by atoms with van der Waals surface area (Å²) in [6, 6.07) is 7.56. The number of amides is 1. The number of carbonyl (C=O) groups is 1. The summed E-state index contributed by atoms with van der Waals surface area (Å²) in [5.41, 5.74) is 1.72. The topological polar surface area (TPSA) is 86.0 Å². The van der Waals surface area contributed by atoms with Crippen molar-refractivity contribution in [3.05, 3.63) is 58.7 Å². The molecule has 3 aromatic rings. The fourth-order valence-electron chi connectivity index (χ4n) is 4.61. The number of piperidine rings is 1. The first-order valence-electron chi connectivity index (χ1n) is 9.96. The Balaban J connectivity index is 1.45. The molecule has 2 bridgehead atoms. The van der Waals surface area contributed by atoms with Gasteiger partial charge in [-0.05, 0) is 66.7 Å². The van der Waals surface area contributed by atoms with Crippen LogP contribution in [0.2, 0.25) is 0 Å². The minimum absolute atomic E-state index is 0.0105. The van der Waals surface area contributed by atoms with Gasteiger partial charge in [-0.3, -0.25) is 4.79 Å². The highest BCUT2D eigenvalue weighted by Gasteiger charge is 2.53. The first-order valence-corrected chi connectivity index (χ1v) is 10.8. The average molecular weight is 469 g/mol. The van der Waals surface area contributed by atoms with Gasteiger partial charge in [0.15, 0.2) is 5.69 Å². The van der Waals surface area contributed by atoms with Crippen LogP contribution in [0.4, 0.5) is 0 Å². The van der Waals surface area contributed by atoms with Crippen molar-refractivity contribution in [1.29, 1.82) is 0 Å². The molecule has 0 N–H and O–H groups in total. The molecule has 0 aromatic carbocycles. The second kappa shape index (κ2) is 7.46. The van der Waals surface area contributed by atoms with Gasteiger partial charge in [-0.25, -0.2) is 9.97 Å². The standard InChI is InChI=1S/C21H21BrN6O2/c1-12-3-5-16(28-24-7-8-25-28)20(26-12)21(29)27-13(2)14-9-17(27)18(10-14)30-19-6-4-15(22)11-23-19/h3-8,11,13-14,17-18H,9-10H2,1-2H3. The number of nitrogens with zero attached hydrogens (tertiary/aromatic N) is 6. The van der Waals surface area contributed by atoms with Gasteiger partial charge in [0.05, 0.1) is 18.4 Å². The van der Waals surface area contributed by atoms with E-state index in [9.17, 15) is 4.79 Å². The molecule has 0 spiro atoms. The van der Waals surface area contributed by atoms with Crippen LogP contribution >= 0.6 is 15.9 Å². The second-order valence-electron chi connectivity index (χ2n) is 7.86. The van der Waals surface area contributed by atoms with E-state index in [0.29, 0.717) is 23.2 Å². The normalized spacial score (nSPS) is 25.0. The van der Waals surface area contributed by atoms with E-state index < -0.39 is 0 Å². The van der Waals surface area contributed by atoms with Gasteiger partial charge in [0.25, 0.3) is 5.91 Å². The molecule has 4 unspecified atom stereocenters. The Morgan fingerprint density at radius 1 is 1.17 bits per heavy atom. The Hall–Kier alpha value is -2.81. The quantitative estimate of drug-likeness (QED) is 0.584. The zero-order valence-electron chi connectivity index (χ0n) is 16.6. The van der Waals surface area contributed by atoms with Crippen LogP contribution in [-0.4, -0.2) is 54.0 Å². The van der Waals surface area contributed by atoms with Crippen molar-refractivity contribution >= 4 is 21.8 Å². The van der Waals surface area contributed by atoms with Gasteiger partial charge in [0.2, 0.25) is 5.88 Å². The Kier molecular flexibility index (Phi) is 4.77. The van der Waals surface area contributed by atoms with Gasteiger partial charge >= 0.3 is 0 Å². The molecule has 5 rings (SSSR count). The number of likely N-dealkylation sites (tertiary alicyclic amines) is 1. The van der Waals surface area contributed by atoms with E-state index in [1.54, 1.807) is 18.6 Å². The minimum Gasteiger partial charge on any atom is -0.472 e. The van der Waals surface area contributed by atoms with E-state index >= 15 is 0 Å². The first-order chi connectivity index (χ1) is 14.5. The highest BCUT2D eigenvalue weighted by Crippen LogP contribution is 2.44. The molecule has 8 nitrogen and oxygen atoms in total. The molecule has 30 heavy (non-hydrogen) atoms. The maximum Gasteiger partial charge on any atom is 0.275 e. The average Bonchev–Trinajstić information content (AvgIpc) is 3.46. The lowest BCUT2D eigenvalue weighted by Crippen LogP contribution is -2.51. The Morgan fingerprint density at radius 2 is 1.97 bits per heavy atom. The van der Waals surface area contributed by atoms with E-state index in [-0.39, 0.29) is 24.1 Å². The third-order valence-corrected chi connectivity index (χ3v) is 6.51. The predicted molar refractivity (Wildman–Crippen MR) is 112 cm³/mol. The summed E-state index contributed by atoms with van der Waals surface area (Å²) in [6.07, 6.45) is 6.65. The Labute approximate surface area is 182 Å². The summed E-state index contributed by atoms with van der Waals surface area (Å²) < 4.78 is 7.08. The van der Waals surface area contributed by atoms with Crippen molar-refractivity contribution in [3.8, 4) is 11.6 Å². The lowest BCUT2D eigenvalue weighted by atomic mass is 9.98. The van der Waals surface area contributed by atoms with E-state index in [4.69, 9.17) is 4.74 Å². The number of halogens is 1. The van der Waals surface area contributed by atoms with Gasteiger partial charge in [0, 0.05) is 28.5 Å². The van der Waals surface area contributed by atoms with Crippen LogP contribution in [0.15, 0.2) is 47.3 Å². The molecule has 1 saturated carbocycles. The van der Waals surface area contributed by atoms with Crippen LogP contribution in [0.1, 0.15) is 35.9 Å². The second-order valence-corrected chi connectivity index (χ2v) is 8.78. The number of rotatable bonds is 4. The van der Waals surface area contributed by atoms with Gasteiger partial charge in [-0.2, -0.15) is 10.2 Å². The fourth-order valence-corrected chi connectivity index (χ4v) is 4.84. The summed E-state index contributed by atoms with van der Waals surface area (Å²) in [6.45, 7) is 3.99. The number of aryl methyl sites for hydroxylation is 1. The van der Waals surface area contributed by atoms with Crippen molar-refractivity contribution < 1.29 is 9.53 Å². The molecule has 0 radical (unpaired) electrons. The maximum atomic E-state index is 13.7. The molecule has 2 aliphatic rings. The smallest absolute Gasteiger partial charge is 0.275 e. The predicted octanol–water partition coefficient (Wildman–Crippen LogP) is 3.20. The van der Waals surface area contributed by atoms with Crippen molar-refractivity contribution in [2.75, 3.05) is 0 Å². The SMILES string of the molecule is Cc1ccc(-n2nccn2)c(C(=O)N2C(C)C3CC(Oc4ccc(Br)cn4)C2C3)n1. The van der Waals surface area contributed by atoms with E-state index in [1.807, 2.05) is 36.1 Å². The number of aromatic nitrogens is 5. The monoisotopic (exact) mass is 468 g/mol. The zero-order valence-corrected chi connectivity index (χ0v) is 18.2. The Bertz CT molecular complexity index is 1070. The van der Waals surface area contributed by atoms with Crippen LogP contribution in [0.5, 0.6) is 5.88 Å². The third kappa shape index (κ3) is 3.27. The molecule has 4 atom stereocenters. The highest BCUT2D eigenvalue weighted by atomic mass is 79.9. The molecule has 9 heteroatoms. The van der Waals surface area contributed by atoms with Gasteiger partial charge in [-0.15, -0.1) is 4.80 Å². The van der Waals surface area contributed by atoms with Crippen molar-refractivity contribution in [1.82, 2.24) is 29.9 Å². The summed E-state index contributed by atoms with van der Waals surface area (Å²) in [4.78, 5) is 25.9. The number of ether oxygens (including phenoxy) is 1. The lowest BCUT2D eigenvalue weighted by Gasteiger charge is -2.37. The number of hydrogen-bond acceptors (Lipinski definition) is 6. The molecule has 1 aliphatic heterocycles. The lowest BCUT2D eigenvalue weighted by molar-refractivity contribution is 0.0309. The minimum atomic E-state index is -0.108. The summed E-state index contributed by atoms with van der Waals surface area (Å²) in [5.74, 6) is 0.865. The van der Waals surface area contributed by atoms with Crippen molar-refractivity contribution in [2.24, 2.45) is 5.92 Å². The molecule has 1 amide bonds. The Morgan fingerprint density at radius 3 is 2.67 bits per heavy atom. The van der Waals surface area contributed by atoms with Gasteiger partial charge in [0.1, 0.15) is 11.8 Å².